The number of carbonyl (C=O) groups is 1. The molecular formula is C22H27N3O6S. The van der Waals surface area contributed by atoms with Gasteiger partial charge in [0.2, 0.25) is 0 Å². The Labute approximate surface area is 187 Å². The summed E-state index contributed by atoms with van der Waals surface area (Å²) in [5, 5.41) is 2.74. The molecule has 0 atom stereocenters. The monoisotopic (exact) mass is 461 g/mol. The zero-order valence-corrected chi connectivity index (χ0v) is 19.1. The summed E-state index contributed by atoms with van der Waals surface area (Å²) in [5.74, 6) is 1.17. The minimum atomic E-state index is -3.74. The minimum Gasteiger partial charge on any atom is -0.496 e. The predicted molar refractivity (Wildman–Crippen MR) is 122 cm³/mol. The average molecular weight is 462 g/mol. The zero-order chi connectivity index (χ0) is 23.1. The number of hydrogen-bond acceptors (Lipinski definition) is 7. The summed E-state index contributed by atoms with van der Waals surface area (Å²) >= 11 is 0. The van der Waals surface area contributed by atoms with Gasteiger partial charge in [-0.3, -0.25) is 14.5 Å². The van der Waals surface area contributed by atoms with Crippen LogP contribution in [0.25, 0.3) is 0 Å². The Bertz CT molecular complexity index is 1100. The number of amides is 1. The van der Waals surface area contributed by atoms with Gasteiger partial charge in [0.15, 0.2) is 11.5 Å². The van der Waals surface area contributed by atoms with Crippen LogP contribution in [0.2, 0.25) is 0 Å². The lowest BCUT2D eigenvalue weighted by atomic mass is 10.1. The van der Waals surface area contributed by atoms with E-state index in [0.29, 0.717) is 41.7 Å². The second-order valence-corrected chi connectivity index (χ2v) is 8.81. The highest BCUT2D eigenvalue weighted by Gasteiger charge is 2.20. The van der Waals surface area contributed by atoms with Gasteiger partial charge in [-0.2, -0.15) is 0 Å². The molecule has 10 heteroatoms. The molecule has 2 aromatic rings. The van der Waals surface area contributed by atoms with Crippen molar-refractivity contribution in [3.8, 4) is 17.2 Å². The van der Waals surface area contributed by atoms with Gasteiger partial charge in [-0.05, 0) is 37.1 Å². The van der Waals surface area contributed by atoms with Gasteiger partial charge in [-0.25, -0.2) is 8.42 Å². The zero-order valence-electron chi connectivity index (χ0n) is 18.3. The molecule has 0 aromatic heterocycles. The highest BCUT2D eigenvalue weighted by Crippen LogP contribution is 2.35. The van der Waals surface area contributed by atoms with E-state index in [0.717, 1.165) is 19.3 Å². The van der Waals surface area contributed by atoms with Crippen LogP contribution in [0.15, 0.2) is 46.3 Å². The number of carbonyl (C=O) groups excluding carboxylic acids is 1. The number of aliphatic imine (C=N–C) groups is 1. The molecule has 1 aliphatic rings. The number of rotatable bonds is 7. The molecular weight excluding hydrogens is 434 g/mol. The van der Waals surface area contributed by atoms with Crippen LogP contribution in [0.1, 0.15) is 36.0 Å². The number of ether oxygens (including phenoxy) is 3. The lowest BCUT2D eigenvalue weighted by molar-refractivity contribution is 0.102. The smallest absolute Gasteiger partial charge is 0.262 e. The van der Waals surface area contributed by atoms with Gasteiger partial charge >= 0.3 is 0 Å². The van der Waals surface area contributed by atoms with Crippen molar-refractivity contribution in [2.75, 3.05) is 33.2 Å². The summed E-state index contributed by atoms with van der Waals surface area (Å²) in [6.07, 6.45) is 3.52. The molecule has 0 fully saturated rings. The quantitative estimate of drug-likeness (QED) is 0.654. The number of amidine groups is 1. The Morgan fingerprint density at radius 2 is 1.56 bits per heavy atom. The molecule has 2 aromatic carbocycles. The number of methoxy groups -OCH3 is 3. The van der Waals surface area contributed by atoms with Gasteiger partial charge in [0, 0.05) is 30.8 Å². The Balaban J connectivity index is 1.75. The molecule has 172 valence electrons. The maximum atomic E-state index is 12.8. The summed E-state index contributed by atoms with van der Waals surface area (Å²) in [6, 6.07) is 8.99. The second-order valence-electron chi connectivity index (χ2n) is 7.13. The molecule has 32 heavy (non-hydrogen) atoms. The van der Waals surface area contributed by atoms with Crippen LogP contribution in [0.4, 0.5) is 5.69 Å². The lowest BCUT2D eigenvalue weighted by Gasteiger charge is -2.14. The van der Waals surface area contributed by atoms with Crippen LogP contribution in [0.5, 0.6) is 17.2 Å². The minimum absolute atomic E-state index is 0.0890. The third-order valence-corrected chi connectivity index (χ3v) is 6.40. The summed E-state index contributed by atoms with van der Waals surface area (Å²) in [7, 11) is 0.665. The van der Waals surface area contributed by atoms with Gasteiger partial charge in [0.25, 0.3) is 15.9 Å². The van der Waals surface area contributed by atoms with E-state index in [9.17, 15) is 13.2 Å². The summed E-state index contributed by atoms with van der Waals surface area (Å²) < 4.78 is 43.7. The standard InChI is InChI=1S/C22H27N3O6S/c1-29-18-14-20(31-3)19(30-2)13-17(18)22(26)24-15-8-10-16(11-9-15)32(27,28)25-21-7-5-4-6-12-23-21/h8-11,13-14H,4-7,12H2,1-3H3,(H,23,25)(H,24,26). The molecule has 0 aliphatic carbocycles. The van der Waals surface area contributed by atoms with Gasteiger partial charge < -0.3 is 19.5 Å². The Kier molecular flexibility index (Phi) is 7.57. The van der Waals surface area contributed by atoms with Crippen LogP contribution in [-0.4, -0.2) is 48.0 Å². The maximum Gasteiger partial charge on any atom is 0.262 e. The fraction of sp³-hybridized carbons (Fsp3) is 0.364. The predicted octanol–water partition coefficient (Wildman–Crippen LogP) is 3.22. The maximum absolute atomic E-state index is 12.8. The second kappa shape index (κ2) is 10.4. The van der Waals surface area contributed by atoms with Crippen LogP contribution >= 0.6 is 0 Å². The van der Waals surface area contributed by atoms with E-state index in [4.69, 9.17) is 14.2 Å². The Morgan fingerprint density at radius 1 is 0.906 bits per heavy atom. The molecule has 1 heterocycles. The van der Waals surface area contributed by atoms with E-state index >= 15 is 0 Å². The fourth-order valence-corrected chi connectivity index (χ4v) is 4.38. The van der Waals surface area contributed by atoms with Crippen molar-refractivity contribution in [2.24, 2.45) is 4.99 Å². The first-order valence-electron chi connectivity index (χ1n) is 10.2. The number of sulfonamides is 1. The molecule has 0 saturated heterocycles. The van der Waals surface area contributed by atoms with Crippen molar-refractivity contribution < 1.29 is 27.4 Å². The SMILES string of the molecule is COc1cc(OC)c(C(=O)Nc2ccc(S(=O)(=O)NC3=NCCCCC3)cc2)cc1OC. The lowest BCUT2D eigenvalue weighted by Crippen LogP contribution is -2.30. The van der Waals surface area contributed by atoms with E-state index in [1.165, 1.54) is 51.7 Å². The average Bonchev–Trinajstić information content (AvgIpc) is 3.06. The van der Waals surface area contributed by atoms with Crippen LogP contribution < -0.4 is 24.2 Å². The summed E-state index contributed by atoms with van der Waals surface area (Å²) in [5.41, 5.74) is 0.674. The highest BCUT2D eigenvalue weighted by molar-refractivity contribution is 7.90. The molecule has 0 bridgehead atoms. The first-order valence-corrected chi connectivity index (χ1v) is 11.6. The van der Waals surface area contributed by atoms with E-state index in [-0.39, 0.29) is 10.5 Å². The molecule has 9 nitrogen and oxygen atoms in total. The van der Waals surface area contributed by atoms with E-state index in [1.807, 2.05) is 0 Å². The summed E-state index contributed by atoms with van der Waals surface area (Å²) in [6.45, 7) is 0.627. The fourth-order valence-electron chi connectivity index (χ4n) is 3.29. The van der Waals surface area contributed by atoms with Gasteiger partial charge in [-0.1, -0.05) is 6.42 Å². The normalized spacial score (nSPS) is 14.0. The van der Waals surface area contributed by atoms with Crippen molar-refractivity contribution in [3.63, 3.8) is 0 Å². The van der Waals surface area contributed by atoms with Crippen LogP contribution in [0.3, 0.4) is 0 Å². The molecule has 0 saturated carbocycles. The number of nitrogens with zero attached hydrogens (tertiary/aromatic N) is 1. The van der Waals surface area contributed by atoms with Gasteiger partial charge in [0.05, 0.1) is 31.8 Å². The first-order chi connectivity index (χ1) is 15.4. The number of anilines is 1. The van der Waals surface area contributed by atoms with Crippen molar-refractivity contribution in [1.29, 1.82) is 0 Å². The number of nitrogens with one attached hydrogen (secondary N) is 2. The Morgan fingerprint density at radius 3 is 2.22 bits per heavy atom. The molecule has 3 rings (SSSR count). The first kappa shape index (κ1) is 23.4. The molecule has 2 N–H and O–H groups in total. The molecule has 0 radical (unpaired) electrons. The summed E-state index contributed by atoms with van der Waals surface area (Å²) in [4.78, 5) is 17.2. The van der Waals surface area contributed by atoms with Crippen molar-refractivity contribution in [2.45, 2.75) is 30.6 Å². The molecule has 0 unspecified atom stereocenters. The molecule has 1 aliphatic heterocycles. The number of hydrogen-bond donors (Lipinski definition) is 2. The number of benzene rings is 2. The van der Waals surface area contributed by atoms with Gasteiger partial charge in [0.1, 0.15) is 11.6 Å². The largest absolute Gasteiger partial charge is 0.496 e. The van der Waals surface area contributed by atoms with E-state index < -0.39 is 15.9 Å². The van der Waals surface area contributed by atoms with Crippen LogP contribution in [-0.2, 0) is 10.0 Å². The highest BCUT2D eigenvalue weighted by atomic mass is 32.2. The van der Waals surface area contributed by atoms with Crippen molar-refractivity contribution in [1.82, 2.24) is 4.72 Å². The topological polar surface area (TPSA) is 115 Å². The third-order valence-electron chi connectivity index (χ3n) is 5.00. The van der Waals surface area contributed by atoms with Crippen LogP contribution in [0, 0.1) is 0 Å². The third kappa shape index (κ3) is 5.50. The van der Waals surface area contributed by atoms with E-state index in [2.05, 4.69) is 15.0 Å². The van der Waals surface area contributed by atoms with E-state index in [1.54, 1.807) is 6.07 Å². The molecule has 1 amide bonds. The van der Waals surface area contributed by atoms with Crippen molar-refractivity contribution in [3.05, 3.63) is 42.0 Å². The van der Waals surface area contributed by atoms with Gasteiger partial charge in [-0.15, -0.1) is 0 Å². The molecule has 0 spiro atoms. The van der Waals surface area contributed by atoms with Crippen molar-refractivity contribution >= 4 is 27.5 Å². The Hall–Kier alpha value is -3.27.